The predicted octanol–water partition coefficient (Wildman–Crippen LogP) is 2.57. The number of rotatable bonds is 5. The van der Waals surface area contributed by atoms with Crippen LogP contribution >= 0.6 is 0 Å². The van der Waals surface area contributed by atoms with Gasteiger partial charge < -0.3 is 9.80 Å². The van der Waals surface area contributed by atoms with Crippen molar-refractivity contribution >= 4 is 27.5 Å². The number of carbonyl (C=O) groups excluding carboxylic acids is 2. The average molecular weight is 428 g/mol. The standard InChI is InChI=1S/C22H25N3O4S/c26-21(17-5-4-6-17)24-13-15-25(16-14-24)22(27)18-9-11-19(12-10-18)23-30(28,29)20-7-2-1-3-8-20/h1-3,7-12,17,23H,4-6,13-16H2. The van der Waals surface area contributed by atoms with Crippen LogP contribution < -0.4 is 4.72 Å². The first-order valence-electron chi connectivity index (χ1n) is 10.2. The van der Waals surface area contributed by atoms with Gasteiger partial charge in [-0.1, -0.05) is 24.6 Å². The van der Waals surface area contributed by atoms with Crippen molar-refractivity contribution in [3.05, 3.63) is 60.2 Å². The van der Waals surface area contributed by atoms with Gasteiger partial charge in [0.15, 0.2) is 0 Å². The number of benzene rings is 2. The highest BCUT2D eigenvalue weighted by molar-refractivity contribution is 7.92. The van der Waals surface area contributed by atoms with E-state index in [9.17, 15) is 18.0 Å². The Bertz CT molecular complexity index is 1010. The Hall–Kier alpha value is -2.87. The van der Waals surface area contributed by atoms with Crippen LogP contribution in [0, 0.1) is 5.92 Å². The monoisotopic (exact) mass is 427 g/mol. The molecule has 1 saturated carbocycles. The van der Waals surface area contributed by atoms with E-state index in [4.69, 9.17) is 0 Å². The minimum absolute atomic E-state index is 0.108. The van der Waals surface area contributed by atoms with Crippen LogP contribution in [0.1, 0.15) is 29.6 Å². The molecule has 2 amide bonds. The normalized spacial score (nSPS) is 17.3. The lowest BCUT2D eigenvalue weighted by molar-refractivity contribution is -0.139. The van der Waals surface area contributed by atoms with Gasteiger partial charge in [0.2, 0.25) is 5.91 Å². The lowest BCUT2D eigenvalue weighted by Gasteiger charge is -2.38. The second-order valence-electron chi connectivity index (χ2n) is 7.74. The maximum Gasteiger partial charge on any atom is 0.261 e. The van der Waals surface area contributed by atoms with Crippen molar-refractivity contribution in [1.82, 2.24) is 9.80 Å². The fourth-order valence-corrected chi connectivity index (χ4v) is 4.80. The Labute approximate surface area is 176 Å². The van der Waals surface area contributed by atoms with Crippen LogP contribution in [0.25, 0.3) is 0 Å². The molecule has 1 heterocycles. The summed E-state index contributed by atoms with van der Waals surface area (Å²) in [6, 6.07) is 14.5. The molecule has 0 aromatic heterocycles. The highest BCUT2D eigenvalue weighted by atomic mass is 32.2. The second kappa shape index (κ2) is 8.47. The summed E-state index contributed by atoms with van der Waals surface area (Å²) in [5.41, 5.74) is 0.891. The fourth-order valence-electron chi connectivity index (χ4n) is 3.72. The van der Waals surface area contributed by atoms with Crippen LogP contribution in [-0.2, 0) is 14.8 Å². The Morgan fingerprint density at radius 2 is 1.43 bits per heavy atom. The summed E-state index contributed by atoms with van der Waals surface area (Å²) in [7, 11) is -3.67. The van der Waals surface area contributed by atoms with Gasteiger partial charge in [0.1, 0.15) is 0 Å². The molecule has 0 bridgehead atoms. The van der Waals surface area contributed by atoms with Crippen LogP contribution in [0.3, 0.4) is 0 Å². The van der Waals surface area contributed by atoms with Crippen LogP contribution in [0.2, 0.25) is 0 Å². The third-order valence-electron chi connectivity index (χ3n) is 5.77. The molecule has 0 unspecified atom stereocenters. The maximum atomic E-state index is 12.8. The van der Waals surface area contributed by atoms with Gasteiger partial charge in [-0.3, -0.25) is 14.3 Å². The van der Waals surface area contributed by atoms with Crippen LogP contribution in [-0.4, -0.2) is 56.2 Å². The Kier molecular flexibility index (Phi) is 5.76. The molecule has 8 heteroatoms. The number of hydrogen-bond donors (Lipinski definition) is 1. The van der Waals surface area contributed by atoms with Crippen molar-refractivity contribution in [3.8, 4) is 0 Å². The van der Waals surface area contributed by atoms with Crippen molar-refractivity contribution < 1.29 is 18.0 Å². The first-order chi connectivity index (χ1) is 14.4. The van der Waals surface area contributed by atoms with E-state index in [-0.39, 0.29) is 22.6 Å². The van der Waals surface area contributed by atoms with Crippen molar-refractivity contribution in [2.24, 2.45) is 5.92 Å². The fraction of sp³-hybridized carbons (Fsp3) is 0.364. The molecule has 4 rings (SSSR count). The highest BCUT2D eigenvalue weighted by Gasteiger charge is 2.32. The lowest BCUT2D eigenvalue weighted by atomic mass is 9.84. The summed E-state index contributed by atoms with van der Waals surface area (Å²) >= 11 is 0. The molecular formula is C22H25N3O4S. The van der Waals surface area contributed by atoms with E-state index in [1.807, 2.05) is 4.90 Å². The number of nitrogens with zero attached hydrogens (tertiary/aromatic N) is 2. The topological polar surface area (TPSA) is 86.8 Å². The maximum absolute atomic E-state index is 12.8. The van der Waals surface area contributed by atoms with Crippen molar-refractivity contribution in [2.75, 3.05) is 30.9 Å². The van der Waals surface area contributed by atoms with Gasteiger partial charge in [-0.25, -0.2) is 8.42 Å². The second-order valence-corrected chi connectivity index (χ2v) is 9.42. The Morgan fingerprint density at radius 3 is 2.00 bits per heavy atom. The van der Waals surface area contributed by atoms with E-state index in [1.54, 1.807) is 47.4 Å². The van der Waals surface area contributed by atoms with Gasteiger partial charge in [0, 0.05) is 43.3 Å². The van der Waals surface area contributed by atoms with E-state index in [1.165, 1.54) is 12.1 Å². The quantitative estimate of drug-likeness (QED) is 0.795. The molecule has 1 aliphatic heterocycles. The molecule has 2 fully saturated rings. The SMILES string of the molecule is O=C(c1ccc(NS(=O)(=O)c2ccccc2)cc1)N1CCN(C(=O)C2CCC2)CC1. The van der Waals surface area contributed by atoms with Crippen molar-refractivity contribution in [3.63, 3.8) is 0 Å². The molecule has 2 aliphatic rings. The number of nitrogens with one attached hydrogen (secondary N) is 1. The van der Waals surface area contributed by atoms with Crippen molar-refractivity contribution in [1.29, 1.82) is 0 Å². The van der Waals surface area contributed by atoms with Gasteiger partial charge in [-0.05, 0) is 49.2 Å². The molecule has 1 saturated heterocycles. The number of anilines is 1. The van der Waals surface area contributed by atoms with Gasteiger partial charge >= 0.3 is 0 Å². The van der Waals surface area contributed by atoms with Gasteiger partial charge in [0.05, 0.1) is 4.90 Å². The molecule has 0 spiro atoms. The molecular weight excluding hydrogens is 402 g/mol. The smallest absolute Gasteiger partial charge is 0.261 e. The molecule has 2 aromatic rings. The van der Waals surface area contributed by atoms with Gasteiger partial charge in [-0.15, -0.1) is 0 Å². The zero-order chi connectivity index (χ0) is 21.1. The highest BCUT2D eigenvalue weighted by Crippen LogP contribution is 2.28. The van der Waals surface area contributed by atoms with Crippen LogP contribution in [0.5, 0.6) is 0 Å². The molecule has 30 heavy (non-hydrogen) atoms. The number of carbonyl (C=O) groups is 2. The molecule has 0 atom stereocenters. The number of sulfonamides is 1. The molecule has 2 aromatic carbocycles. The van der Waals surface area contributed by atoms with Crippen LogP contribution in [0.15, 0.2) is 59.5 Å². The summed E-state index contributed by atoms with van der Waals surface area (Å²) in [5.74, 6) is 0.297. The minimum Gasteiger partial charge on any atom is -0.339 e. The average Bonchev–Trinajstić information content (AvgIpc) is 2.73. The minimum atomic E-state index is -3.67. The van der Waals surface area contributed by atoms with Crippen molar-refractivity contribution in [2.45, 2.75) is 24.2 Å². The lowest BCUT2D eigenvalue weighted by Crippen LogP contribution is -2.52. The molecule has 158 valence electrons. The number of piperazine rings is 1. The molecule has 0 radical (unpaired) electrons. The third-order valence-corrected chi connectivity index (χ3v) is 7.17. The van der Waals surface area contributed by atoms with E-state index in [0.717, 1.165) is 19.3 Å². The summed E-state index contributed by atoms with van der Waals surface area (Å²) in [6.45, 7) is 2.16. The summed E-state index contributed by atoms with van der Waals surface area (Å²) in [4.78, 5) is 28.9. The van der Waals surface area contributed by atoms with Gasteiger partial charge in [0.25, 0.3) is 15.9 Å². The zero-order valence-corrected chi connectivity index (χ0v) is 17.5. The third kappa shape index (κ3) is 4.33. The summed E-state index contributed by atoms with van der Waals surface area (Å²) in [5, 5.41) is 0. The van der Waals surface area contributed by atoms with E-state index in [2.05, 4.69) is 4.72 Å². The molecule has 1 aliphatic carbocycles. The predicted molar refractivity (Wildman–Crippen MR) is 114 cm³/mol. The Balaban J connectivity index is 1.35. The summed E-state index contributed by atoms with van der Waals surface area (Å²) in [6.07, 6.45) is 3.10. The van der Waals surface area contributed by atoms with E-state index >= 15 is 0 Å². The zero-order valence-electron chi connectivity index (χ0n) is 16.7. The Morgan fingerprint density at radius 1 is 0.833 bits per heavy atom. The van der Waals surface area contributed by atoms with E-state index < -0.39 is 10.0 Å². The number of amides is 2. The number of hydrogen-bond acceptors (Lipinski definition) is 4. The van der Waals surface area contributed by atoms with E-state index in [0.29, 0.717) is 37.4 Å². The molecule has 7 nitrogen and oxygen atoms in total. The van der Waals surface area contributed by atoms with Gasteiger partial charge in [-0.2, -0.15) is 0 Å². The van der Waals surface area contributed by atoms with Crippen LogP contribution in [0.4, 0.5) is 5.69 Å². The first kappa shape index (κ1) is 20.4. The summed E-state index contributed by atoms with van der Waals surface area (Å²) < 4.78 is 27.3. The largest absolute Gasteiger partial charge is 0.339 e. The first-order valence-corrected chi connectivity index (χ1v) is 11.7. The molecule has 1 N–H and O–H groups in total.